The quantitative estimate of drug-likeness (QED) is 0.516. The van der Waals surface area contributed by atoms with E-state index in [1.54, 1.807) is 0 Å². The Balaban J connectivity index is 0.00000200. The largest absolute Gasteiger partial charge is 1.00 e. The van der Waals surface area contributed by atoms with Crippen molar-refractivity contribution in [3.05, 3.63) is 36.3 Å². The molecule has 0 saturated carbocycles. The van der Waals surface area contributed by atoms with Crippen LogP contribution in [0.15, 0.2) is 30.6 Å². The summed E-state index contributed by atoms with van der Waals surface area (Å²) in [4.78, 5) is 15.0. The van der Waals surface area contributed by atoms with E-state index in [9.17, 15) is 13.2 Å². The molecule has 0 saturated heterocycles. The van der Waals surface area contributed by atoms with Gasteiger partial charge in [-0.1, -0.05) is 0 Å². The van der Waals surface area contributed by atoms with E-state index >= 15 is 0 Å². The van der Waals surface area contributed by atoms with Crippen LogP contribution >= 0.6 is 0 Å². The molecule has 10 heteroatoms. The minimum Gasteiger partial charge on any atom is -1.00 e. The third-order valence-corrected chi connectivity index (χ3v) is 3.28. The van der Waals surface area contributed by atoms with E-state index in [1.807, 2.05) is 0 Å². The molecule has 0 amide bonds. The maximum absolute atomic E-state index is 11.3. The monoisotopic (exact) mass is 306 g/mol. The molecule has 2 heterocycles. The molecule has 0 fully saturated rings. The molecule has 5 N–H and O–H groups in total. The van der Waals surface area contributed by atoms with E-state index in [4.69, 9.17) is 16.0 Å². The van der Waals surface area contributed by atoms with Crippen LogP contribution in [0, 0.1) is 0 Å². The number of carboxylic acids is 1. The molecule has 2 rings (SSSR count). The van der Waals surface area contributed by atoms with Crippen LogP contribution in [0.25, 0.3) is 11.1 Å². The maximum Gasteiger partial charge on any atom is 1.00 e. The van der Waals surface area contributed by atoms with E-state index < -0.39 is 21.9 Å². The van der Waals surface area contributed by atoms with Crippen molar-refractivity contribution in [1.29, 1.82) is 0 Å². The van der Waals surface area contributed by atoms with E-state index in [0.717, 1.165) is 6.20 Å². The SMILES string of the molecule is Nc1ccc(-c2ccn(S(N)(=O)=O)c2C(=O)O)cn1.[H-].[Na+]. The fraction of sp³-hybridized carbons (Fsp3) is 0. The second-order valence-electron chi connectivity index (χ2n) is 3.70. The van der Waals surface area contributed by atoms with Crippen LogP contribution < -0.4 is 40.4 Å². The van der Waals surface area contributed by atoms with E-state index in [0.29, 0.717) is 9.54 Å². The van der Waals surface area contributed by atoms with Gasteiger partial charge in [0.15, 0.2) is 5.69 Å². The van der Waals surface area contributed by atoms with Crippen molar-refractivity contribution in [3.63, 3.8) is 0 Å². The smallest absolute Gasteiger partial charge is 1.00 e. The summed E-state index contributed by atoms with van der Waals surface area (Å²) in [6, 6.07) is 4.36. The molecular formula is C10H11N4NaO4S. The van der Waals surface area contributed by atoms with Gasteiger partial charge < -0.3 is 12.3 Å². The van der Waals surface area contributed by atoms with Crippen LogP contribution in [0.3, 0.4) is 0 Å². The predicted octanol–water partition coefficient (Wildman–Crippen LogP) is -3.00. The van der Waals surface area contributed by atoms with Gasteiger partial charge in [0.05, 0.1) is 0 Å². The number of aromatic carboxylic acids is 1. The first-order valence-corrected chi connectivity index (χ1v) is 6.51. The molecule has 2 aromatic heterocycles. The molecule has 8 nitrogen and oxygen atoms in total. The third kappa shape index (κ3) is 3.19. The van der Waals surface area contributed by atoms with Gasteiger partial charge in [0.2, 0.25) is 0 Å². The summed E-state index contributed by atoms with van der Waals surface area (Å²) in [7, 11) is -4.18. The summed E-state index contributed by atoms with van der Waals surface area (Å²) >= 11 is 0. The molecule has 0 radical (unpaired) electrons. The van der Waals surface area contributed by atoms with Crippen molar-refractivity contribution >= 4 is 22.0 Å². The maximum atomic E-state index is 11.3. The summed E-state index contributed by atoms with van der Waals surface area (Å²) in [6.07, 6.45) is 2.43. The zero-order valence-electron chi connectivity index (χ0n) is 11.5. The van der Waals surface area contributed by atoms with Gasteiger partial charge in [-0.3, -0.25) is 0 Å². The number of nitrogen functional groups attached to an aromatic ring is 1. The van der Waals surface area contributed by atoms with Gasteiger partial charge in [0, 0.05) is 23.5 Å². The molecule has 2 aromatic rings. The van der Waals surface area contributed by atoms with Crippen LogP contribution in [0.5, 0.6) is 0 Å². The number of nitrogens with two attached hydrogens (primary N) is 2. The summed E-state index contributed by atoms with van der Waals surface area (Å²) in [5.74, 6) is -1.14. The van der Waals surface area contributed by atoms with E-state index in [-0.39, 0.29) is 42.4 Å². The fourth-order valence-corrected chi connectivity index (χ4v) is 2.29. The minimum absolute atomic E-state index is 0. The Bertz CT molecular complexity index is 745. The molecule has 0 aliphatic rings. The Kier molecular flexibility index (Phi) is 4.95. The summed E-state index contributed by atoms with van der Waals surface area (Å²) < 4.78 is 23.1. The van der Waals surface area contributed by atoms with Gasteiger partial charge in [0.1, 0.15) is 5.82 Å². The van der Waals surface area contributed by atoms with Crippen molar-refractivity contribution in [2.75, 3.05) is 5.73 Å². The Labute approximate surface area is 138 Å². The van der Waals surface area contributed by atoms with E-state index in [2.05, 4.69) is 4.98 Å². The second kappa shape index (κ2) is 5.94. The molecule has 0 bridgehead atoms. The molecule has 0 aliphatic heterocycles. The van der Waals surface area contributed by atoms with Crippen molar-refractivity contribution in [3.8, 4) is 11.1 Å². The Morgan fingerprint density at radius 2 is 2.00 bits per heavy atom. The zero-order chi connectivity index (χ0) is 14.2. The van der Waals surface area contributed by atoms with Crippen LogP contribution in [0.1, 0.15) is 11.9 Å². The van der Waals surface area contributed by atoms with Gasteiger partial charge >= 0.3 is 45.7 Å². The summed E-state index contributed by atoms with van der Waals surface area (Å²) in [5, 5.41) is 14.1. The van der Waals surface area contributed by atoms with Gasteiger partial charge in [-0.15, -0.1) is 0 Å². The second-order valence-corrected chi connectivity index (χ2v) is 5.12. The van der Waals surface area contributed by atoms with E-state index in [1.165, 1.54) is 24.4 Å². The number of aromatic nitrogens is 2. The number of carbonyl (C=O) groups is 1. The fourth-order valence-electron chi connectivity index (χ4n) is 1.63. The number of nitrogens with zero attached hydrogens (tertiary/aromatic N) is 2. The molecule has 0 atom stereocenters. The number of rotatable bonds is 3. The number of hydrogen-bond donors (Lipinski definition) is 3. The van der Waals surface area contributed by atoms with Crippen LogP contribution in [0.2, 0.25) is 0 Å². The number of hydrogen-bond acceptors (Lipinski definition) is 5. The number of carboxylic acid groups (broad SMARTS) is 1. The minimum atomic E-state index is -4.18. The number of anilines is 1. The molecule has 20 heavy (non-hydrogen) atoms. The molecule has 0 unspecified atom stereocenters. The van der Waals surface area contributed by atoms with Gasteiger partial charge in [-0.2, -0.15) is 8.42 Å². The summed E-state index contributed by atoms with van der Waals surface area (Å²) in [6.45, 7) is 0. The normalized spacial score (nSPS) is 10.8. The van der Waals surface area contributed by atoms with Crippen LogP contribution in [-0.4, -0.2) is 28.5 Å². The average Bonchev–Trinajstić information content (AvgIpc) is 2.74. The van der Waals surface area contributed by atoms with Crippen molar-refractivity contribution in [2.24, 2.45) is 5.14 Å². The van der Waals surface area contributed by atoms with Gasteiger partial charge in [0.25, 0.3) is 0 Å². The first-order chi connectivity index (χ1) is 8.80. The molecule has 0 aromatic carbocycles. The van der Waals surface area contributed by atoms with Crippen LogP contribution in [-0.2, 0) is 10.2 Å². The Hall–Kier alpha value is -1.39. The summed E-state index contributed by atoms with van der Waals surface area (Å²) in [5.41, 5.74) is 5.59. The third-order valence-electron chi connectivity index (χ3n) is 2.43. The van der Waals surface area contributed by atoms with Gasteiger partial charge in [-0.05, 0) is 18.2 Å². The average molecular weight is 306 g/mol. The molecule has 0 aliphatic carbocycles. The van der Waals surface area contributed by atoms with Crippen molar-refractivity contribution in [2.45, 2.75) is 0 Å². The topological polar surface area (TPSA) is 141 Å². The predicted molar refractivity (Wildman–Crippen MR) is 68.7 cm³/mol. The molecule has 102 valence electrons. The first kappa shape index (κ1) is 16.7. The Morgan fingerprint density at radius 3 is 2.45 bits per heavy atom. The molecular weight excluding hydrogens is 295 g/mol. The molecule has 0 spiro atoms. The zero-order valence-corrected chi connectivity index (χ0v) is 13.3. The Morgan fingerprint density at radius 1 is 1.35 bits per heavy atom. The van der Waals surface area contributed by atoms with Crippen LogP contribution in [0.4, 0.5) is 5.82 Å². The first-order valence-electron chi connectivity index (χ1n) is 5.00. The van der Waals surface area contributed by atoms with Crippen molar-refractivity contribution < 1.29 is 49.3 Å². The van der Waals surface area contributed by atoms with Crippen molar-refractivity contribution in [1.82, 2.24) is 8.96 Å². The van der Waals surface area contributed by atoms with Gasteiger partial charge in [-0.25, -0.2) is 18.9 Å². The standard InChI is InChI=1S/C10H10N4O4S.Na.H/c11-8-2-1-6(5-13-8)7-3-4-14(19(12,17)18)9(7)10(15)16;;/h1-5H,(H2,11,13)(H,15,16)(H2,12,17,18);;/q;+1;-1. The number of pyridine rings is 1.